The third kappa shape index (κ3) is 3.22. The molecule has 1 aromatic carbocycles. The van der Waals surface area contributed by atoms with E-state index in [-0.39, 0.29) is 24.8 Å². The number of halogens is 2. The highest BCUT2D eigenvalue weighted by atomic mass is 19.1. The van der Waals surface area contributed by atoms with Gasteiger partial charge >= 0.3 is 6.03 Å². The number of hydrogen-bond donors (Lipinski definition) is 1. The molecule has 2 aromatic rings. The summed E-state index contributed by atoms with van der Waals surface area (Å²) in [6.07, 6.45) is 1.42. The lowest BCUT2D eigenvalue weighted by molar-refractivity contribution is 0.0640. The van der Waals surface area contributed by atoms with Gasteiger partial charge < -0.3 is 19.5 Å². The van der Waals surface area contributed by atoms with E-state index in [1.165, 1.54) is 17.2 Å². The van der Waals surface area contributed by atoms with Crippen LogP contribution in [0.5, 0.6) is 0 Å². The Morgan fingerprint density at radius 3 is 2.17 bits per heavy atom. The molecule has 0 aliphatic carbocycles. The van der Waals surface area contributed by atoms with Crippen LogP contribution < -0.4 is 5.32 Å². The SMILES string of the molecule is O=C(Nc1c(F)cccc1F)N1CCN(C(=O)c2ccco2)CC1. The minimum atomic E-state index is -0.838. The van der Waals surface area contributed by atoms with Crippen molar-refractivity contribution in [2.24, 2.45) is 0 Å². The molecule has 8 heteroatoms. The van der Waals surface area contributed by atoms with Crippen molar-refractivity contribution in [1.82, 2.24) is 9.80 Å². The minimum Gasteiger partial charge on any atom is -0.459 e. The maximum atomic E-state index is 13.6. The number of hydrogen-bond acceptors (Lipinski definition) is 3. The van der Waals surface area contributed by atoms with E-state index < -0.39 is 23.4 Å². The van der Waals surface area contributed by atoms with Crippen LogP contribution in [0.15, 0.2) is 41.0 Å². The van der Waals surface area contributed by atoms with Gasteiger partial charge in [0.1, 0.15) is 17.3 Å². The number of piperazine rings is 1. The quantitative estimate of drug-likeness (QED) is 0.917. The average Bonchev–Trinajstić information content (AvgIpc) is 3.12. The highest BCUT2D eigenvalue weighted by Crippen LogP contribution is 2.19. The van der Waals surface area contributed by atoms with Crippen LogP contribution in [0.1, 0.15) is 10.6 Å². The Morgan fingerprint density at radius 2 is 1.58 bits per heavy atom. The molecule has 1 aliphatic rings. The van der Waals surface area contributed by atoms with Crippen LogP contribution in [0.2, 0.25) is 0 Å². The fraction of sp³-hybridized carbons (Fsp3) is 0.250. The van der Waals surface area contributed by atoms with Crippen LogP contribution in [0.4, 0.5) is 19.3 Å². The van der Waals surface area contributed by atoms with Gasteiger partial charge in [-0.05, 0) is 24.3 Å². The Balaban J connectivity index is 1.58. The Morgan fingerprint density at radius 1 is 0.958 bits per heavy atom. The fourth-order valence-electron chi connectivity index (χ4n) is 2.47. The number of para-hydroxylation sites is 1. The molecule has 0 spiro atoms. The molecule has 2 heterocycles. The van der Waals surface area contributed by atoms with Crippen molar-refractivity contribution in [3.63, 3.8) is 0 Å². The number of nitrogens with one attached hydrogen (secondary N) is 1. The molecule has 1 fully saturated rings. The van der Waals surface area contributed by atoms with E-state index in [4.69, 9.17) is 4.42 Å². The molecule has 3 amide bonds. The van der Waals surface area contributed by atoms with Gasteiger partial charge in [-0.1, -0.05) is 6.07 Å². The standard InChI is InChI=1S/C16H15F2N3O3/c17-11-3-1-4-12(18)14(11)19-16(23)21-8-6-20(7-9-21)15(22)13-5-2-10-24-13/h1-5,10H,6-9H2,(H,19,23). The van der Waals surface area contributed by atoms with E-state index in [0.717, 1.165) is 12.1 Å². The normalized spacial score (nSPS) is 14.6. The molecule has 0 bridgehead atoms. The Kier molecular flexibility index (Phi) is 4.45. The molecule has 6 nitrogen and oxygen atoms in total. The molecule has 0 atom stereocenters. The molecule has 3 rings (SSSR count). The monoisotopic (exact) mass is 335 g/mol. The van der Waals surface area contributed by atoms with Gasteiger partial charge in [0.25, 0.3) is 5.91 Å². The van der Waals surface area contributed by atoms with E-state index in [0.29, 0.717) is 13.1 Å². The second-order valence-corrected chi connectivity index (χ2v) is 5.28. The minimum absolute atomic E-state index is 0.237. The van der Waals surface area contributed by atoms with Gasteiger partial charge in [-0.25, -0.2) is 13.6 Å². The number of urea groups is 1. The molecular formula is C16H15F2N3O3. The summed E-state index contributed by atoms with van der Waals surface area (Å²) in [5.41, 5.74) is -0.475. The van der Waals surface area contributed by atoms with E-state index in [9.17, 15) is 18.4 Å². The van der Waals surface area contributed by atoms with Gasteiger partial charge in [-0.2, -0.15) is 0 Å². The van der Waals surface area contributed by atoms with Crippen molar-refractivity contribution in [3.8, 4) is 0 Å². The summed E-state index contributed by atoms with van der Waals surface area (Å²) in [4.78, 5) is 27.2. The summed E-state index contributed by atoms with van der Waals surface area (Å²) in [7, 11) is 0. The largest absolute Gasteiger partial charge is 0.459 e. The first kappa shape index (κ1) is 16.0. The number of furan rings is 1. The van der Waals surface area contributed by atoms with Crippen molar-refractivity contribution in [3.05, 3.63) is 54.0 Å². The van der Waals surface area contributed by atoms with Gasteiger partial charge in [0, 0.05) is 26.2 Å². The van der Waals surface area contributed by atoms with Crippen molar-refractivity contribution in [2.45, 2.75) is 0 Å². The molecular weight excluding hydrogens is 320 g/mol. The first-order valence-electron chi connectivity index (χ1n) is 7.39. The van der Waals surface area contributed by atoms with E-state index >= 15 is 0 Å². The van der Waals surface area contributed by atoms with Crippen LogP contribution in [0, 0.1) is 11.6 Å². The number of carbonyl (C=O) groups is 2. The highest BCUT2D eigenvalue weighted by Gasteiger charge is 2.26. The van der Waals surface area contributed by atoms with E-state index in [1.54, 1.807) is 17.0 Å². The number of anilines is 1. The molecule has 126 valence electrons. The fourth-order valence-corrected chi connectivity index (χ4v) is 2.47. The molecule has 1 aromatic heterocycles. The van der Waals surface area contributed by atoms with Crippen LogP contribution in [-0.2, 0) is 0 Å². The topological polar surface area (TPSA) is 65.8 Å². The Labute approximate surface area is 136 Å². The smallest absolute Gasteiger partial charge is 0.322 e. The number of carbonyl (C=O) groups excluding carboxylic acids is 2. The first-order valence-corrected chi connectivity index (χ1v) is 7.39. The maximum Gasteiger partial charge on any atom is 0.322 e. The van der Waals surface area contributed by atoms with Crippen molar-refractivity contribution in [2.75, 3.05) is 31.5 Å². The number of nitrogens with zero attached hydrogens (tertiary/aromatic N) is 2. The van der Waals surface area contributed by atoms with Crippen LogP contribution in [0.3, 0.4) is 0 Å². The van der Waals surface area contributed by atoms with Crippen LogP contribution in [-0.4, -0.2) is 47.9 Å². The highest BCUT2D eigenvalue weighted by molar-refractivity contribution is 5.92. The molecule has 24 heavy (non-hydrogen) atoms. The Bertz CT molecular complexity index is 721. The second-order valence-electron chi connectivity index (χ2n) is 5.28. The van der Waals surface area contributed by atoms with Gasteiger partial charge in [0.05, 0.1) is 6.26 Å². The maximum absolute atomic E-state index is 13.6. The first-order chi connectivity index (χ1) is 11.6. The summed E-state index contributed by atoms with van der Waals surface area (Å²) < 4.78 is 32.2. The summed E-state index contributed by atoms with van der Waals surface area (Å²) >= 11 is 0. The molecule has 1 N–H and O–H groups in total. The summed E-state index contributed by atoms with van der Waals surface area (Å²) in [6.45, 7) is 1.14. The van der Waals surface area contributed by atoms with Gasteiger partial charge in [-0.15, -0.1) is 0 Å². The van der Waals surface area contributed by atoms with Gasteiger partial charge in [-0.3, -0.25) is 4.79 Å². The van der Waals surface area contributed by atoms with Crippen molar-refractivity contribution >= 4 is 17.6 Å². The zero-order valence-electron chi connectivity index (χ0n) is 12.7. The van der Waals surface area contributed by atoms with Crippen molar-refractivity contribution < 1.29 is 22.8 Å². The number of benzene rings is 1. The predicted octanol–water partition coefficient (Wildman–Crippen LogP) is 2.55. The van der Waals surface area contributed by atoms with E-state index in [1.807, 2.05) is 0 Å². The van der Waals surface area contributed by atoms with Gasteiger partial charge in [0.15, 0.2) is 5.76 Å². The lowest BCUT2D eigenvalue weighted by atomic mass is 10.2. The summed E-state index contributed by atoms with van der Waals surface area (Å²) in [5, 5.41) is 2.23. The third-order valence-corrected chi connectivity index (χ3v) is 3.78. The Hall–Kier alpha value is -2.90. The number of amides is 3. The summed E-state index contributed by atoms with van der Waals surface area (Å²) in [6, 6.07) is 5.95. The predicted molar refractivity (Wildman–Crippen MR) is 81.6 cm³/mol. The second kappa shape index (κ2) is 6.69. The van der Waals surface area contributed by atoms with Gasteiger partial charge in [0.2, 0.25) is 0 Å². The van der Waals surface area contributed by atoms with Crippen LogP contribution in [0.25, 0.3) is 0 Å². The van der Waals surface area contributed by atoms with E-state index in [2.05, 4.69) is 5.32 Å². The molecule has 1 aliphatic heterocycles. The lowest BCUT2D eigenvalue weighted by Crippen LogP contribution is -2.51. The van der Waals surface area contributed by atoms with Crippen molar-refractivity contribution in [1.29, 1.82) is 0 Å². The summed E-state index contributed by atoms with van der Waals surface area (Å²) in [5.74, 6) is -1.69. The zero-order valence-corrected chi connectivity index (χ0v) is 12.7. The molecule has 1 saturated heterocycles. The molecule has 0 unspecified atom stereocenters. The number of rotatable bonds is 2. The third-order valence-electron chi connectivity index (χ3n) is 3.78. The zero-order chi connectivity index (χ0) is 17.1. The molecule has 0 saturated carbocycles. The molecule has 0 radical (unpaired) electrons. The lowest BCUT2D eigenvalue weighted by Gasteiger charge is -2.34. The average molecular weight is 335 g/mol. The van der Waals surface area contributed by atoms with Crippen LogP contribution >= 0.6 is 0 Å².